The second-order valence-corrected chi connectivity index (χ2v) is 7.32. The summed E-state index contributed by atoms with van der Waals surface area (Å²) in [4.78, 5) is 44.5. The molecule has 0 unspecified atom stereocenters. The Morgan fingerprint density at radius 2 is 1.08 bits per heavy atom. The molecule has 0 saturated carbocycles. The standard InChI is InChI=1S/2C14H8O4/c1-2-8-6-11-9(12(7-8)14(17)18)4-3-5-10(11)13(15)16;1-2-8-6-7-9-10(12(8)14(17)18)4-3-5-11(9)13(15)16/h2*1,3-7H,(H,15,16)(H,17,18). The minimum Gasteiger partial charge on any atom is -0.478 e. The quantitative estimate of drug-likeness (QED) is 0.313. The number of carboxylic acid groups (broad SMARTS) is 4. The van der Waals surface area contributed by atoms with Crippen LogP contribution in [0.4, 0.5) is 0 Å². The minimum atomic E-state index is -1.17. The number of fused-ring (bicyclic) bond motifs is 2. The van der Waals surface area contributed by atoms with Crippen molar-refractivity contribution in [2.45, 2.75) is 0 Å². The van der Waals surface area contributed by atoms with Crippen molar-refractivity contribution >= 4 is 45.4 Å². The molecule has 0 heterocycles. The summed E-state index contributed by atoms with van der Waals surface area (Å²) < 4.78 is 0. The van der Waals surface area contributed by atoms with Crippen LogP contribution in [0.15, 0.2) is 60.7 Å². The first-order valence-corrected chi connectivity index (χ1v) is 10.1. The molecular formula is C28H16O8. The number of carbonyl (C=O) groups is 4. The van der Waals surface area contributed by atoms with Crippen LogP contribution >= 0.6 is 0 Å². The number of terminal acetylenes is 2. The van der Waals surface area contributed by atoms with Gasteiger partial charge in [-0.3, -0.25) is 0 Å². The average Bonchev–Trinajstić information content (AvgIpc) is 2.86. The lowest BCUT2D eigenvalue weighted by Crippen LogP contribution is -2.04. The summed E-state index contributed by atoms with van der Waals surface area (Å²) in [6.45, 7) is 0. The van der Waals surface area contributed by atoms with Gasteiger partial charge in [0.25, 0.3) is 0 Å². The Hall–Kier alpha value is -5.60. The van der Waals surface area contributed by atoms with Gasteiger partial charge < -0.3 is 20.4 Å². The first-order chi connectivity index (χ1) is 17.1. The normalized spacial score (nSPS) is 9.94. The molecule has 4 aromatic carbocycles. The molecule has 0 aliphatic heterocycles. The maximum Gasteiger partial charge on any atom is 0.337 e. The smallest absolute Gasteiger partial charge is 0.337 e. The zero-order valence-corrected chi connectivity index (χ0v) is 18.4. The molecule has 36 heavy (non-hydrogen) atoms. The predicted octanol–water partition coefficient (Wildman–Crippen LogP) is 4.44. The van der Waals surface area contributed by atoms with E-state index in [1.807, 2.05) is 0 Å². The van der Waals surface area contributed by atoms with Gasteiger partial charge in [0, 0.05) is 11.1 Å². The van der Waals surface area contributed by atoms with Crippen LogP contribution in [0.2, 0.25) is 0 Å². The summed E-state index contributed by atoms with van der Waals surface area (Å²) in [6, 6.07) is 14.8. The molecule has 4 N–H and O–H groups in total. The fourth-order valence-corrected chi connectivity index (χ4v) is 3.73. The number of aromatic carboxylic acids is 4. The molecule has 0 radical (unpaired) electrons. The molecule has 0 bridgehead atoms. The molecule has 0 aliphatic rings. The molecule has 4 aromatic rings. The number of benzene rings is 4. The van der Waals surface area contributed by atoms with Gasteiger partial charge in [0.2, 0.25) is 0 Å². The van der Waals surface area contributed by atoms with Gasteiger partial charge in [-0.05, 0) is 51.9 Å². The molecule has 0 aromatic heterocycles. The third-order valence-electron chi connectivity index (χ3n) is 5.28. The molecule has 0 fully saturated rings. The Bertz CT molecular complexity index is 1660. The minimum absolute atomic E-state index is 0.00329. The van der Waals surface area contributed by atoms with E-state index in [1.54, 1.807) is 12.1 Å². The van der Waals surface area contributed by atoms with Crippen LogP contribution in [0.3, 0.4) is 0 Å². The van der Waals surface area contributed by atoms with Crippen LogP contribution in [0.25, 0.3) is 21.5 Å². The van der Waals surface area contributed by atoms with Crippen molar-refractivity contribution in [1.82, 2.24) is 0 Å². The largest absolute Gasteiger partial charge is 0.478 e. The van der Waals surface area contributed by atoms with Gasteiger partial charge in [0.05, 0.1) is 22.3 Å². The molecule has 8 nitrogen and oxygen atoms in total. The van der Waals surface area contributed by atoms with Gasteiger partial charge in [0.15, 0.2) is 0 Å². The monoisotopic (exact) mass is 480 g/mol. The van der Waals surface area contributed by atoms with E-state index in [9.17, 15) is 24.3 Å². The van der Waals surface area contributed by atoms with Gasteiger partial charge in [-0.2, -0.15) is 0 Å². The van der Waals surface area contributed by atoms with Gasteiger partial charge >= 0.3 is 23.9 Å². The van der Waals surface area contributed by atoms with Crippen molar-refractivity contribution in [3.8, 4) is 24.7 Å². The highest BCUT2D eigenvalue weighted by atomic mass is 16.4. The lowest BCUT2D eigenvalue weighted by atomic mass is 9.96. The Labute approximate surface area is 204 Å². The molecule has 4 rings (SSSR count). The van der Waals surface area contributed by atoms with E-state index < -0.39 is 23.9 Å². The molecule has 0 aliphatic carbocycles. The predicted molar refractivity (Wildman–Crippen MR) is 132 cm³/mol. The molecular weight excluding hydrogens is 464 g/mol. The van der Waals surface area contributed by atoms with Crippen LogP contribution in [-0.4, -0.2) is 44.3 Å². The van der Waals surface area contributed by atoms with E-state index in [0.717, 1.165) is 0 Å². The van der Waals surface area contributed by atoms with Crippen molar-refractivity contribution < 1.29 is 39.6 Å². The Morgan fingerprint density at radius 1 is 0.556 bits per heavy atom. The topological polar surface area (TPSA) is 149 Å². The maximum atomic E-state index is 11.2. The Balaban J connectivity index is 0.000000201. The lowest BCUT2D eigenvalue weighted by molar-refractivity contribution is 0.0686. The maximum absolute atomic E-state index is 11.2. The molecule has 0 atom stereocenters. The van der Waals surface area contributed by atoms with E-state index in [-0.39, 0.29) is 27.8 Å². The van der Waals surface area contributed by atoms with E-state index in [1.165, 1.54) is 48.5 Å². The molecule has 0 amide bonds. The van der Waals surface area contributed by atoms with Gasteiger partial charge in [-0.15, -0.1) is 12.8 Å². The second-order valence-electron chi connectivity index (χ2n) is 7.32. The first-order valence-electron chi connectivity index (χ1n) is 10.1. The van der Waals surface area contributed by atoms with Crippen LogP contribution in [0.1, 0.15) is 52.6 Å². The highest BCUT2D eigenvalue weighted by molar-refractivity contribution is 6.12. The van der Waals surface area contributed by atoms with Gasteiger partial charge in [-0.25, -0.2) is 19.2 Å². The zero-order valence-electron chi connectivity index (χ0n) is 18.4. The number of carboxylic acids is 4. The van der Waals surface area contributed by atoms with Crippen molar-refractivity contribution in [3.63, 3.8) is 0 Å². The molecule has 0 saturated heterocycles. The van der Waals surface area contributed by atoms with E-state index in [4.69, 9.17) is 28.2 Å². The third kappa shape index (κ3) is 4.69. The Morgan fingerprint density at radius 3 is 1.58 bits per heavy atom. The highest BCUT2D eigenvalue weighted by Gasteiger charge is 2.17. The summed E-state index contributed by atoms with van der Waals surface area (Å²) in [6.07, 6.45) is 10.5. The summed E-state index contributed by atoms with van der Waals surface area (Å²) in [5.41, 5.74) is 0.624. The molecule has 8 heteroatoms. The zero-order chi connectivity index (χ0) is 26.6. The summed E-state index contributed by atoms with van der Waals surface area (Å²) in [5, 5.41) is 37.8. The van der Waals surface area contributed by atoms with Gasteiger partial charge in [0.1, 0.15) is 0 Å². The number of rotatable bonds is 4. The third-order valence-corrected chi connectivity index (χ3v) is 5.28. The fourth-order valence-electron chi connectivity index (χ4n) is 3.73. The Kier molecular flexibility index (Phi) is 7.04. The fraction of sp³-hybridized carbons (Fsp3) is 0. The van der Waals surface area contributed by atoms with Crippen molar-refractivity contribution in [3.05, 3.63) is 94.0 Å². The summed E-state index contributed by atoms with van der Waals surface area (Å²) in [5.74, 6) is 0.0788. The van der Waals surface area contributed by atoms with Crippen molar-refractivity contribution in [2.75, 3.05) is 0 Å². The van der Waals surface area contributed by atoms with Crippen molar-refractivity contribution in [1.29, 1.82) is 0 Å². The summed E-state index contributed by atoms with van der Waals surface area (Å²) >= 11 is 0. The van der Waals surface area contributed by atoms with E-state index in [2.05, 4.69) is 11.8 Å². The van der Waals surface area contributed by atoms with Gasteiger partial charge in [-0.1, -0.05) is 42.2 Å². The van der Waals surface area contributed by atoms with Crippen molar-refractivity contribution in [2.24, 2.45) is 0 Å². The molecule has 0 spiro atoms. The van der Waals surface area contributed by atoms with Crippen LogP contribution in [0.5, 0.6) is 0 Å². The average molecular weight is 480 g/mol. The lowest BCUT2D eigenvalue weighted by Gasteiger charge is -2.07. The van der Waals surface area contributed by atoms with Crippen LogP contribution < -0.4 is 0 Å². The van der Waals surface area contributed by atoms with E-state index >= 15 is 0 Å². The number of hydrogen-bond donors (Lipinski definition) is 4. The van der Waals surface area contributed by atoms with E-state index in [0.29, 0.717) is 27.1 Å². The first kappa shape index (κ1) is 25.0. The van der Waals surface area contributed by atoms with Crippen LogP contribution in [0, 0.1) is 24.7 Å². The molecule has 176 valence electrons. The van der Waals surface area contributed by atoms with Crippen LogP contribution in [-0.2, 0) is 0 Å². The summed E-state index contributed by atoms with van der Waals surface area (Å²) in [7, 11) is 0. The SMILES string of the molecule is C#Cc1cc(C(=O)O)c2cccc(C(=O)O)c2c1.C#Cc1ccc2c(C(=O)O)cccc2c1C(=O)O. The second kappa shape index (κ2) is 10.1. The highest BCUT2D eigenvalue weighted by Crippen LogP contribution is 2.26. The number of hydrogen-bond acceptors (Lipinski definition) is 4.